The second-order valence-electron chi connectivity index (χ2n) is 2.88. The number of alkyl halides is 1. The van der Waals surface area contributed by atoms with Gasteiger partial charge in [-0.15, -0.1) is 0 Å². The van der Waals surface area contributed by atoms with Crippen molar-refractivity contribution < 1.29 is 5.11 Å². The lowest BCUT2D eigenvalue weighted by molar-refractivity contribution is 0.220. The monoisotopic (exact) mass is 252 g/mol. The first kappa shape index (κ1) is 12.5. The first-order valence-corrected chi connectivity index (χ1v) is 6.42. The molecular weight excluding hydrogens is 236 g/mol. The van der Waals surface area contributed by atoms with Gasteiger partial charge in [-0.2, -0.15) is 11.8 Å². The average molecular weight is 253 g/mol. The molecule has 0 saturated carbocycles. The molecule has 0 saturated heterocycles. The minimum absolute atomic E-state index is 0.181. The highest BCUT2D eigenvalue weighted by molar-refractivity contribution is 9.09. The molecule has 0 heterocycles. The molecule has 1 nitrogen and oxygen atoms in total. The standard InChI is InChI=1S/C9H17BrOS/c1-8(3-5-10)4-6-12-7-9(2)11/h4,9,11H,3,5-7H2,1-2H3. The lowest BCUT2D eigenvalue weighted by Gasteiger charge is -2.01. The smallest absolute Gasteiger partial charge is 0.0602 e. The molecule has 0 aliphatic heterocycles. The van der Waals surface area contributed by atoms with Crippen molar-refractivity contribution in [3.63, 3.8) is 0 Å². The Morgan fingerprint density at radius 3 is 2.83 bits per heavy atom. The molecule has 1 N–H and O–H groups in total. The minimum atomic E-state index is -0.181. The van der Waals surface area contributed by atoms with Gasteiger partial charge in [0.25, 0.3) is 0 Å². The molecule has 0 aromatic heterocycles. The largest absolute Gasteiger partial charge is 0.393 e. The van der Waals surface area contributed by atoms with Crippen LogP contribution < -0.4 is 0 Å². The highest BCUT2D eigenvalue weighted by atomic mass is 79.9. The van der Waals surface area contributed by atoms with Gasteiger partial charge in [-0.1, -0.05) is 27.6 Å². The van der Waals surface area contributed by atoms with Crippen LogP contribution in [0.15, 0.2) is 11.6 Å². The number of halogens is 1. The molecule has 0 radical (unpaired) electrons. The lowest BCUT2D eigenvalue weighted by Crippen LogP contribution is -2.02. The normalized spacial score (nSPS) is 14.8. The molecule has 72 valence electrons. The summed E-state index contributed by atoms with van der Waals surface area (Å²) >= 11 is 5.17. The molecule has 1 unspecified atom stereocenters. The third-order valence-electron chi connectivity index (χ3n) is 1.40. The molecule has 0 aromatic carbocycles. The maximum absolute atomic E-state index is 8.97. The highest BCUT2D eigenvalue weighted by Crippen LogP contribution is 2.07. The van der Waals surface area contributed by atoms with E-state index in [2.05, 4.69) is 28.9 Å². The van der Waals surface area contributed by atoms with Gasteiger partial charge in [0.15, 0.2) is 0 Å². The summed E-state index contributed by atoms with van der Waals surface area (Å²) in [6.07, 6.45) is 3.17. The van der Waals surface area contributed by atoms with Crippen molar-refractivity contribution in [2.45, 2.75) is 26.4 Å². The van der Waals surface area contributed by atoms with Crippen LogP contribution in [0, 0.1) is 0 Å². The Morgan fingerprint density at radius 2 is 2.33 bits per heavy atom. The van der Waals surface area contributed by atoms with Crippen molar-refractivity contribution >= 4 is 27.7 Å². The van der Waals surface area contributed by atoms with Gasteiger partial charge in [0, 0.05) is 16.8 Å². The van der Waals surface area contributed by atoms with Crippen LogP contribution >= 0.6 is 27.7 Å². The number of thioether (sulfide) groups is 1. The molecule has 1 atom stereocenters. The molecule has 0 aliphatic rings. The summed E-state index contributed by atoms with van der Waals surface area (Å²) in [5.41, 5.74) is 1.42. The molecule has 0 bridgehead atoms. The van der Waals surface area contributed by atoms with Crippen LogP contribution in [-0.4, -0.2) is 28.0 Å². The van der Waals surface area contributed by atoms with Gasteiger partial charge in [-0.05, 0) is 20.3 Å². The molecular formula is C9H17BrOS. The molecule has 3 heteroatoms. The van der Waals surface area contributed by atoms with Crippen LogP contribution in [0.2, 0.25) is 0 Å². The molecule has 0 rings (SSSR count). The Labute approximate surface area is 87.8 Å². The summed E-state index contributed by atoms with van der Waals surface area (Å²) in [6, 6.07) is 0. The number of aliphatic hydroxyl groups excluding tert-OH is 1. The van der Waals surface area contributed by atoms with Crippen molar-refractivity contribution in [2.24, 2.45) is 0 Å². The number of hydrogen-bond donors (Lipinski definition) is 1. The summed E-state index contributed by atoms with van der Waals surface area (Å²) < 4.78 is 0. The second kappa shape index (κ2) is 8.14. The fraction of sp³-hybridized carbons (Fsp3) is 0.778. The van der Waals surface area contributed by atoms with E-state index in [-0.39, 0.29) is 6.10 Å². The van der Waals surface area contributed by atoms with E-state index in [1.165, 1.54) is 5.57 Å². The quantitative estimate of drug-likeness (QED) is 0.446. The molecule has 0 aromatic rings. The Hall–Kier alpha value is 0.530. The number of aliphatic hydroxyl groups is 1. The van der Waals surface area contributed by atoms with E-state index in [4.69, 9.17) is 5.11 Å². The third kappa shape index (κ3) is 8.62. The van der Waals surface area contributed by atoms with Gasteiger partial charge in [-0.3, -0.25) is 0 Å². The van der Waals surface area contributed by atoms with Crippen LogP contribution in [0.3, 0.4) is 0 Å². The number of hydrogen-bond acceptors (Lipinski definition) is 2. The SMILES string of the molecule is CC(=CCSCC(C)O)CCBr. The van der Waals surface area contributed by atoms with Crippen LogP contribution in [0.5, 0.6) is 0 Å². The van der Waals surface area contributed by atoms with E-state index in [0.29, 0.717) is 0 Å². The average Bonchev–Trinajstić information content (AvgIpc) is 1.98. The van der Waals surface area contributed by atoms with Crippen molar-refractivity contribution in [3.8, 4) is 0 Å². The van der Waals surface area contributed by atoms with Crippen molar-refractivity contribution in [1.82, 2.24) is 0 Å². The van der Waals surface area contributed by atoms with Gasteiger partial charge in [0.1, 0.15) is 0 Å². The van der Waals surface area contributed by atoms with Gasteiger partial charge < -0.3 is 5.11 Å². The number of allylic oxidation sites excluding steroid dienone is 1. The zero-order valence-corrected chi connectivity index (χ0v) is 10.1. The zero-order chi connectivity index (χ0) is 9.40. The zero-order valence-electron chi connectivity index (χ0n) is 7.72. The molecule has 12 heavy (non-hydrogen) atoms. The maximum atomic E-state index is 8.97. The van der Waals surface area contributed by atoms with Crippen LogP contribution in [-0.2, 0) is 0 Å². The first-order chi connectivity index (χ1) is 5.66. The number of rotatable bonds is 6. The Balaban J connectivity index is 3.33. The van der Waals surface area contributed by atoms with E-state index in [1.807, 2.05) is 6.92 Å². The lowest BCUT2D eigenvalue weighted by atomic mass is 10.2. The summed E-state index contributed by atoms with van der Waals surface area (Å²) in [4.78, 5) is 0. The van der Waals surface area contributed by atoms with Crippen molar-refractivity contribution in [3.05, 3.63) is 11.6 Å². The van der Waals surface area contributed by atoms with E-state index in [9.17, 15) is 0 Å². The van der Waals surface area contributed by atoms with E-state index >= 15 is 0 Å². The van der Waals surface area contributed by atoms with Crippen LogP contribution in [0.1, 0.15) is 20.3 Å². The predicted octanol–water partition coefficient (Wildman–Crippen LogP) is 2.83. The topological polar surface area (TPSA) is 20.2 Å². The molecule has 0 spiro atoms. The fourth-order valence-corrected chi connectivity index (χ4v) is 2.20. The third-order valence-corrected chi connectivity index (χ3v) is 2.91. The molecule has 0 amide bonds. The maximum Gasteiger partial charge on any atom is 0.0602 e. The second-order valence-corrected chi connectivity index (χ2v) is 4.74. The van der Waals surface area contributed by atoms with Gasteiger partial charge in [0.2, 0.25) is 0 Å². The van der Waals surface area contributed by atoms with Crippen LogP contribution in [0.4, 0.5) is 0 Å². The van der Waals surface area contributed by atoms with Gasteiger partial charge in [-0.25, -0.2) is 0 Å². The Kier molecular flexibility index (Phi) is 8.50. The molecule has 0 aliphatic carbocycles. The predicted molar refractivity (Wildman–Crippen MR) is 61.2 cm³/mol. The summed E-state index contributed by atoms with van der Waals surface area (Å²) in [7, 11) is 0. The van der Waals surface area contributed by atoms with Crippen molar-refractivity contribution in [2.75, 3.05) is 16.8 Å². The van der Waals surface area contributed by atoms with E-state index in [0.717, 1.165) is 23.3 Å². The van der Waals surface area contributed by atoms with E-state index < -0.39 is 0 Å². The van der Waals surface area contributed by atoms with Crippen LogP contribution in [0.25, 0.3) is 0 Å². The molecule has 0 fully saturated rings. The Morgan fingerprint density at radius 1 is 1.67 bits per heavy atom. The minimum Gasteiger partial charge on any atom is -0.393 e. The fourth-order valence-electron chi connectivity index (χ4n) is 0.691. The summed E-state index contributed by atoms with van der Waals surface area (Å²) in [6.45, 7) is 3.96. The summed E-state index contributed by atoms with van der Waals surface area (Å²) in [5.74, 6) is 1.85. The van der Waals surface area contributed by atoms with E-state index in [1.54, 1.807) is 11.8 Å². The Bertz CT molecular complexity index is 134. The summed E-state index contributed by atoms with van der Waals surface area (Å²) in [5, 5.41) is 10.0. The first-order valence-electron chi connectivity index (χ1n) is 4.14. The highest BCUT2D eigenvalue weighted by Gasteiger charge is 1.93. The van der Waals surface area contributed by atoms with Gasteiger partial charge >= 0.3 is 0 Å². The van der Waals surface area contributed by atoms with Gasteiger partial charge in [0.05, 0.1) is 6.10 Å². The van der Waals surface area contributed by atoms with Crippen molar-refractivity contribution in [1.29, 1.82) is 0 Å².